The fraction of sp³-hybridized carbons (Fsp3) is 0.192. The second-order valence-electron chi connectivity index (χ2n) is 7.72. The molecule has 0 spiro atoms. The highest BCUT2D eigenvalue weighted by Gasteiger charge is 2.31. The van der Waals surface area contributed by atoms with Crippen LogP contribution in [0.3, 0.4) is 0 Å². The quantitative estimate of drug-likeness (QED) is 0.564. The van der Waals surface area contributed by atoms with Crippen LogP contribution in [0.15, 0.2) is 71.7 Å². The van der Waals surface area contributed by atoms with Gasteiger partial charge in [-0.15, -0.1) is 0 Å². The molecule has 3 aromatic carbocycles. The Labute approximate surface area is 203 Å². The van der Waals surface area contributed by atoms with Crippen molar-refractivity contribution in [3.8, 4) is 11.5 Å². The predicted molar refractivity (Wildman–Crippen MR) is 134 cm³/mol. The van der Waals surface area contributed by atoms with Crippen molar-refractivity contribution >= 4 is 40.5 Å². The molecule has 1 atom stereocenters. The molecule has 1 aliphatic heterocycles. The summed E-state index contributed by atoms with van der Waals surface area (Å²) in [7, 11) is 3.06. The van der Waals surface area contributed by atoms with Crippen LogP contribution in [-0.2, 0) is 9.59 Å². The summed E-state index contributed by atoms with van der Waals surface area (Å²) in [6, 6.07) is 19.2. The number of nitrogens with zero attached hydrogens (tertiary/aromatic N) is 2. The molecular weight excluding hydrogens is 454 g/mol. The Balaban J connectivity index is 1.67. The number of carbonyl (C=O) groups is 2. The van der Waals surface area contributed by atoms with Crippen molar-refractivity contribution in [2.75, 3.05) is 31.0 Å². The van der Waals surface area contributed by atoms with Crippen molar-refractivity contribution in [3.63, 3.8) is 0 Å². The summed E-state index contributed by atoms with van der Waals surface area (Å²) in [6.45, 7) is 1.53. The molecule has 0 fully saturated rings. The minimum Gasteiger partial charge on any atom is -0.493 e. The number of fused-ring (bicyclic) bond motifs is 1. The number of aliphatic imine (C=N–C) groups is 1. The highest BCUT2D eigenvalue weighted by molar-refractivity contribution is 6.32. The molecule has 1 heterocycles. The van der Waals surface area contributed by atoms with E-state index in [1.54, 1.807) is 43.3 Å². The van der Waals surface area contributed by atoms with Crippen molar-refractivity contribution in [1.29, 1.82) is 0 Å². The first-order valence-electron chi connectivity index (χ1n) is 10.7. The lowest BCUT2D eigenvalue weighted by molar-refractivity contribution is -0.122. The Kier molecular flexibility index (Phi) is 6.84. The Morgan fingerprint density at radius 2 is 1.76 bits per heavy atom. The molecule has 3 aromatic rings. The van der Waals surface area contributed by atoms with Crippen LogP contribution in [-0.4, -0.2) is 44.3 Å². The summed E-state index contributed by atoms with van der Waals surface area (Å²) >= 11 is 6.31. The number of anilines is 2. The Hall–Kier alpha value is -3.84. The van der Waals surface area contributed by atoms with Crippen LogP contribution < -0.4 is 19.7 Å². The van der Waals surface area contributed by atoms with Gasteiger partial charge in [-0.05, 0) is 37.3 Å². The normalized spacial score (nSPS) is 15.2. The van der Waals surface area contributed by atoms with Gasteiger partial charge in [-0.1, -0.05) is 41.9 Å². The first kappa shape index (κ1) is 23.3. The molecule has 7 nitrogen and oxygen atoms in total. The van der Waals surface area contributed by atoms with E-state index < -0.39 is 6.04 Å². The summed E-state index contributed by atoms with van der Waals surface area (Å²) in [5, 5.41) is 3.34. The summed E-state index contributed by atoms with van der Waals surface area (Å²) < 4.78 is 10.5. The van der Waals surface area contributed by atoms with Gasteiger partial charge in [0.05, 0.1) is 25.6 Å². The number of benzene rings is 3. The third-order valence-electron chi connectivity index (χ3n) is 5.47. The number of carbonyl (C=O) groups excluding carboxylic acids is 2. The maximum Gasteiger partial charge on any atom is 0.252 e. The van der Waals surface area contributed by atoms with E-state index in [9.17, 15) is 9.59 Å². The Morgan fingerprint density at radius 3 is 2.47 bits per heavy atom. The van der Waals surface area contributed by atoms with Gasteiger partial charge < -0.3 is 19.7 Å². The lowest BCUT2D eigenvalue weighted by atomic mass is 10.00. The van der Waals surface area contributed by atoms with E-state index in [0.717, 1.165) is 5.56 Å². The maximum atomic E-state index is 13.3. The van der Waals surface area contributed by atoms with E-state index in [2.05, 4.69) is 5.32 Å². The highest BCUT2D eigenvalue weighted by Crippen LogP contribution is 2.32. The minimum atomic E-state index is -0.685. The van der Waals surface area contributed by atoms with Gasteiger partial charge in [-0.25, -0.2) is 0 Å². The fourth-order valence-corrected chi connectivity index (χ4v) is 4.02. The molecule has 1 aliphatic rings. The molecule has 1 N–H and O–H groups in total. The zero-order chi connectivity index (χ0) is 24.2. The molecule has 2 amide bonds. The van der Waals surface area contributed by atoms with Gasteiger partial charge in [-0.3, -0.25) is 14.6 Å². The van der Waals surface area contributed by atoms with Gasteiger partial charge in [0.1, 0.15) is 12.6 Å². The molecule has 0 aliphatic carbocycles. The monoisotopic (exact) mass is 477 g/mol. The fourth-order valence-electron chi connectivity index (χ4n) is 3.84. The summed E-state index contributed by atoms with van der Waals surface area (Å²) in [5.41, 5.74) is 3.30. The van der Waals surface area contributed by atoms with E-state index in [0.29, 0.717) is 39.2 Å². The molecule has 0 radical (unpaired) electrons. The van der Waals surface area contributed by atoms with Gasteiger partial charge in [0, 0.05) is 27.9 Å². The number of amides is 2. The lowest BCUT2D eigenvalue weighted by Crippen LogP contribution is -2.42. The van der Waals surface area contributed by atoms with Gasteiger partial charge in [-0.2, -0.15) is 0 Å². The SMILES string of the molecule is COc1ccc(NC(=O)CN2C(=O)[C@H](C)N=C(c3ccccc3)c3cc(Cl)ccc32)cc1OC. The van der Waals surface area contributed by atoms with Gasteiger partial charge >= 0.3 is 0 Å². The number of ether oxygens (including phenoxy) is 2. The highest BCUT2D eigenvalue weighted by atomic mass is 35.5. The number of halogens is 1. The van der Waals surface area contributed by atoms with Crippen LogP contribution in [0.2, 0.25) is 5.02 Å². The number of rotatable bonds is 6. The molecular formula is C26H24ClN3O4. The smallest absolute Gasteiger partial charge is 0.252 e. The third-order valence-corrected chi connectivity index (χ3v) is 5.70. The zero-order valence-corrected chi connectivity index (χ0v) is 19.8. The van der Waals surface area contributed by atoms with Crippen LogP contribution in [0.4, 0.5) is 11.4 Å². The Bertz CT molecular complexity index is 1260. The molecule has 174 valence electrons. The van der Waals surface area contributed by atoms with Crippen LogP contribution in [0.1, 0.15) is 18.1 Å². The summed E-state index contributed by atoms with van der Waals surface area (Å²) in [6.07, 6.45) is 0. The largest absolute Gasteiger partial charge is 0.493 e. The number of nitrogens with one attached hydrogen (secondary N) is 1. The third kappa shape index (κ3) is 4.75. The minimum absolute atomic E-state index is 0.191. The first-order valence-corrected chi connectivity index (χ1v) is 11.1. The lowest BCUT2D eigenvalue weighted by Gasteiger charge is -2.24. The summed E-state index contributed by atoms with van der Waals surface area (Å²) in [5.74, 6) is 0.392. The van der Waals surface area contributed by atoms with Crippen molar-refractivity contribution < 1.29 is 19.1 Å². The van der Waals surface area contributed by atoms with Gasteiger partial charge in [0.2, 0.25) is 5.91 Å². The van der Waals surface area contributed by atoms with Crippen molar-refractivity contribution in [1.82, 2.24) is 0 Å². The predicted octanol–water partition coefficient (Wildman–Crippen LogP) is 4.57. The molecule has 4 rings (SSSR count). The average Bonchev–Trinajstić information content (AvgIpc) is 2.94. The van der Waals surface area contributed by atoms with Crippen molar-refractivity contribution in [2.45, 2.75) is 13.0 Å². The van der Waals surface area contributed by atoms with E-state index in [1.807, 2.05) is 30.3 Å². The molecule has 34 heavy (non-hydrogen) atoms. The number of hydrogen-bond donors (Lipinski definition) is 1. The average molecular weight is 478 g/mol. The van der Waals surface area contributed by atoms with Crippen LogP contribution in [0.5, 0.6) is 11.5 Å². The molecule has 0 bridgehead atoms. The maximum absolute atomic E-state index is 13.3. The molecule has 0 aromatic heterocycles. The van der Waals surface area contributed by atoms with E-state index in [1.165, 1.54) is 19.1 Å². The van der Waals surface area contributed by atoms with E-state index in [-0.39, 0.29) is 18.4 Å². The summed E-state index contributed by atoms with van der Waals surface area (Å²) in [4.78, 5) is 32.4. The second-order valence-corrected chi connectivity index (χ2v) is 8.16. The van der Waals surface area contributed by atoms with Gasteiger partial charge in [0.25, 0.3) is 5.91 Å². The van der Waals surface area contributed by atoms with Crippen LogP contribution in [0.25, 0.3) is 0 Å². The van der Waals surface area contributed by atoms with E-state index >= 15 is 0 Å². The molecule has 8 heteroatoms. The molecule has 0 unspecified atom stereocenters. The number of hydrogen-bond acceptors (Lipinski definition) is 5. The first-order chi connectivity index (χ1) is 16.4. The number of methoxy groups -OCH3 is 2. The van der Waals surface area contributed by atoms with Crippen molar-refractivity contribution in [3.05, 3.63) is 82.9 Å². The zero-order valence-electron chi connectivity index (χ0n) is 19.0. The van der Waals surface area contributed by atoms with Crippen LogP contribution in [0, 0.1) is 0 Å². The Morgan fingerprint density at radius 1 is 1.03 bits per heavy atom. The molecule has 0 saturated heterocycles. The molecule has 0 saturated carbocycles. The van der Waals surface area contributed by atoms with E-state index in [4.69, 9.17) is 26.1 Å². The standard InChI is InChI=1S/C26H24ClN3O4/c1-16-26(32)30(15-24(31)29-19-10-12-22(33-2)23(14-19)34-3)21-11-9-18(27)13-20(21)25(28-16)17-7-5-4-6-8-17/h4-14,16H,15H2,1-3H3,(H,29,31)/t16-/m0/s1. The van der Waals surface area contributed by atoms with Crippen LogP contribution >= 0.6 is 11.6 Å². The number of benzodiazepines with no additional fused rings is 1. The topological polar surface area (TPSA) is 80.2 Å². The second kappa shape index (κ2) is 9.97. The van der Waals surface area contributed by atoms with Gasteiger partial charge in [0.15, 0.2) is 11.5 Å². The van der Waals surface area contributed by atoms with Crippen molar-refractivity contribution in [2.24, 2.45) is 4.99 Å².